The fourth-order valence-electron chi connectivity index (χ4n) is 5.04. The second-order valence-electron chi connectivity index (χ2n) is 11.1. The summed E-state index contributed by atoms with van der Waals surface area (Å²) in [6.07, 6.45) is 38.5. The molecule has 0 spiro atoms. The molecular weight excluding hydrogens is 452 g/mol. The van der Waals surface area contributed by atoms with Crippen LogP contribution in [-0.4, -0.2) is 5.97 Å². The fourth-order valence-corrected chi connectivity index (χ4v) is 5.04. The third kappa shape index (κ3) is 24.5. The number of unbranched alkanes of at least 4 members (excludes halogenated alkanes) is 24. The lowest BCUT2D eigenvalue weighted by Crippen LogP contribution is -2.03. The summed E-state index contributed by atoms with van der Waals surface area (Å²) in [4.78, 5) is 11.7. The number of hydrogen-bond acceptors (Lipinski definition) is 2. The van der Waals surface area contributed by atoms with Crippen LogP contribution in [-0.2, 0) is 4.79 Å². The van der Waals surface area contributed by atoms with E-state index in [9.17, 15) is 4.79 Å². The molecule has 0 bridgehead atoms. The molecule has 0 aromatic heterocycles. The van der Waals surface area contributed by atoms with E-state index in [4.69, 9.17) is 4.74 Å². The number of benzene rings is 1. The molecule has 37 heavy (non-hydrogen) atoms. The first-order valence-electron chi connectivity index (χ1n) is 16.3. The van der Waals surface area contributed by atoms with Crippen LogP contribution in [0.4, 0.5) is 0 Å². The standard InChI is InChI=1S/C35H60O2/c1-2-3-4-5-6-7-8-9-10-11-12-13-14-15-16-17-18-19-20-21-22-23-24-25-26-30-33-35(36)37-34-31-28-27-29-32-34/h27-33H,2-26H2,1H3/b33-30+. The van der Waals surface area contributed by atoms with E-state index in [-0.39, 0.29) is 5.97 Å². The van der Waals surface area contributed by atoms with E-state index in [1.165, 1.54) is 148 Å². The van der Waals surface area contributed by atoms with Gasteiger partial charge >= 0.3 is 5.97 Å². The van der Waals surface area contributed by atoms with E-state index < -0.39 is 0 Å². The first-order valence-corrected chi connectivity index (χ1v) is 16.3. The Morgan fingerprint density at radius 3 is 1.27 bits per heavy atom. The third-order valence-corrected chi connectivity index (χ3v) is 7.44. The van der Waals surface area contributed by atoms with Crippen LogP contribution in [0.2, 0.25) is 0 Å². The largest absolute Gasteiger partial charge is 0.423 e. The van der Waals surface area contributed by atoms with Crippen LogP contribution in [0.5, 0.6) is 5.75 Å². The molecule has 1 aromatic carbocycles. The van der Waals surface area contributed by atoms with Gasteiger partial charge < -0.3 is 4.74 Å². The topological polar surface area (TPSA) is 26.3 Å². The Kier molecular flexibility index (Phi) is 24.8. The van der Waals surface area contributed by atoms with Gasteiger partial charge in [-0.15, -0.1) is 0 Å². The number of ether oxygens (including phenoxy) is 1. The maximum Gasteiger partial charge on any atom is 0.335 e. The average Bonchev–Trinajstić information content (AvgIpc) is 2.91. The zero-order valence-corrected chi connectivity index (χ0v) is 24.5. The summed E-state index contributed by atoms with van der Waals surface area (Å²) < 4.78 is 5.25. The smallest absolute Gasteiger partial charge is 0.335 e. The molecule has 0 heterocycles. The molecule has 1 aromatic rings. The normalized spacial score (nSPS) is 11.4. The number of rotatable bonds is 27. The van der Waals surface area contributed by atoms with Gasteiger partial charge in [0, 0.05) is 6.08 Å². The number of allylic oxidation sites excluding steroid dienone is 1. The highest BCUT2D eigenvalue weighted by atomic mass is 16.5. The van der Waals surface area contributed by atoms with Crippen molar-refractivity contribution in [3.05, 3.63) is 42.5 Å². The summed E-state index contributed by atoms with van der Waals surface area (Å²) in [5.74, 6) is 0.322. The minimum Gasteiger partial charge on any atom is -0.423 e. The first-order chi connectivity index (χ1) is 18.3. The van der Waals surface area contributed by atoms with Gasteiger partial charge in [0.25, 0.3) is 0 Å². The molecule has 0 saturated carbocycles. The molecule has 0 aliphatic heterocycles. The van der Waals surface area contributed by atoms with Gasteiger partial charge in [0.2, 0.25) is 0 Å². The Bertz CT molecular complexity index is 621. The van der Waals surface area contributed by atoms with Gasteiger partial charge in [-0.2, -0.15) is 0 Å². The van der Waals surface area contributed by atoms with Crippen LogP contribution < -0.4 is 4.74 Å². The van der Waals surface area contributed by atoms with E-state index in [0.29, 0.717) is 5.75 Å². The van der Waals surface area contributed by atoms with Crippen LogP contribution in [0.25, 0.3) is 0 Å². The number of carbonyl (C=O) groups excluding carboxylic acids is 1. The van der Waals surface area contributed by atoms with E-state index in [1.54, 1.807) is 18.2 Å². The molecule has 1 rings (SSSR count). The molecule has 0 fully saturated rings. The Morgan fingerprint density at radius 1 is 0.541 bits per heavy atom. The van der Waals surface area contributed by atoms with Crippen LogP contribution >= 0.6 is 0 Å². The van der Waals surface area contributed by atoms with Crippen molar-refractivity contribution < 1.29 is 9.53 Å². The zero-order valence-electron chi connectivity index (χ0n) is 24.5. The summed E-state index contributed by atoms with van der Waals surface area (Å²) in [6.45, 7) is 2.30. The second kappa shape index (κ2) is 27.5. The third-order valence-electron chi connectivity index (χ3n) is 7.44. The molecule has 0 saturated heterocycles. The van der Waals surface area contributed by atoms with Crippen molar-refractivity contribution >= 4 is 5.97 Å². The fraction of sp³-hybridized carbons (Fsp3) is 0.743. The number of para-hydroxylation sites is 1. The summed E-state index contributed by atoms with van der Waals surface area (Å²) in [7, 11) is 0. The van der Waals surface area contributed by atoms with Crippen molar-refractivity contribution in [2.45, 2.75) is 167 Å². The maximum atomic E-state index is 11.7. The molecule has 0 N–H and O–H groups in total. The molecule has 0 amide bonds. The molecule has 0 aliphatic rings. The van der Waals surface area contributed by atoms with Gasteiger partial charge in [-0.1, -0.05) is 179 Å². The number of hydrogen-bond donors (Lipinski definition) is 0. The van der Waals surface area contributed by atoms with Gasteiger partial charge in [-0.05, 0) is 25.0 Å². The first kappa shape index (κ1) is 33.5. The van der Waals surface area contributed by atoms with Gasteiger partial charge in [0.1, 0.15) is 5.75 Å². The summed E-state index contributed by atoms with van der Waals surface area (Å²) in [6, 6.07) is 9.25. The Hall–Kier alpha value is -1.57. The van der Waals surface area contributed by atoms with E-state index in [0.717, 1.165) is 12.8 Å². The van der Waals surface area contributed by atoms with Gasteiger partial charge in [0.05, 0.1) is 0 Å². The Morgan fingerprint density at radius 2 is 0.892 bits per heavy atom. The predicted molar refractivity (Wildman–Crippen MR) is 162 cm³/mol. The van der Waals surface area contributed by atoms with Crippen LogP contribution in [0.1, 0.15) is 167 Å². The minimum absolute atomic E-state index is 0.282. The Balaban J connectivity index is 1.70. The zero-order chi connectivity index (χ0) is 26.5. The maximum absolute atomic E-state index is 11.7. The molecule has 0 unspecified atom stereocenters. The van der Waals surface area contributed by atoms with Gasteiger partial charge in [-0.3, -0.25) is 0 Å². The van der Waals surface area contributed by atoms with Crippen molar-refractivity contribution in [2.24, 2.45) is 0 Å². The summed E-state index contributed by atoms with van der Waals surface area (Å²) in [5.41, 5.74) is 0. The molecule has 0 radical (unpaired) electrons. The Labute approximate surface area is 231 Å². The van der Waals surface area contributed by atoms with Gasteiger partial charge in [0.15, 0.2) is 0 Å². The van der Waals surface area contributed by atoms with Crippen molar-refractivity contribution in [3.8, 4) is 5.75 Å². The van der Waals surface area contributed by atoms with Crippen LogP contribution in [0.3, 0.4) is 0 Å². The SMILES string of the molecule is CCCCCCCCCCCCCCCCCCCCCCCCCC/C=C/C(=O)Oc1ccccc1. The summed E-state index contributed by atoms with van der Waals surface area (Å²) >= 11 is 0. The molecule has 0 atom stereocenters. The van der Waals surface area contributed by atoms with Crippen molar-refractivity contribution in [2.75, 3.05) is 0 Å². The molecular formula is C35H60O2. The van der Waals surface area contributed by atoms with Gasteiger partial charge in [-0.25, -0.2) is 4.79 Å². The highest BCUT2D eigenvalue weighted by Crippen LogP contribution is 2.16. The van der Waals surface area contributed by atoms with Crippen molar-refractivity contribution in [1.29, 1.82) is 0 Å². The quantitative estimate of drug-likeness (QED) is 0.0507. The molecule has 2 heteroatoms. The highest BCUT2D eigenvalue weighted by Gasteiger charge is 1.99. The lowest BCUT2D eigenvalue weighted by Gasteiger charge is -2.04. The summed E-state index contributed by atoms with van der Waals surface area (Å²) in [5, 5.41) is 0. The lowest BCUT2D eigenvalue weighted by atomic mass is 10.0. The lowest BCUT2D eigenvalue weighted by molar-refractivity contribution is -0.129. The average molecular weight is 513 g/mol. The molecule has 2 nitrogen and oxygen atoms in total. The van der Waals surface area contributed by atoms with Crippen LogP contribution in [0, 0.1) is 0 Å². The van der Waals surface area contributed by atoms with E-state index in [1.807, 2.05) is 24.3 Å². The predicted octanol–water partition coefficient (Wildman–Crippen LogP) is 11.9. The van der Waals surface area contributed by atoms with Crippen molar-refractivity contribution in [3.63, 3.8) is 0 Å². The van der Waals surface area contributed by atoms with Crippen LogP contribution in [0.15, 0.2) is 42.5 Å². The minimum atomic E-state index is -0.282. The second-order valence-corrected chi connectivity index (χ2v) is 11.1. The number of esters is 1. The molecule has 0 aliphatic carbocycles. The van der Waals surface area contributed by atoms with E-state index >= 15 is 0 Å². The van der Waals surface area contributed by atoms with Crippen molar-refractivity contribution in [1.82, 2.24) is 0 Å². The number of carbonyl (C=O) groups is 1. The monoisotopic (exact) mass is 512 g/mol. The van der Waals surface area contributed by atoms with E-state index in [2.05, 4.69) is 6.92 Å². The highest BCUT2D eigenvalue weighted by molar-refractivity contribution is 5.83. The molecule has 212 valence electrons.